The number of rotatable bonds is 8. The molecule has 0 spiro atoms. The van der Waals surface area contributed by atoms with Crippen LogP contribution >= 0.6 is 11.6 Å². The molecule has 4 rings (SSSR count). The Morgan fingerprint density at radius 3 is 2.14 bits per heavy atom. The maximum absolute atomic E-state index is 12.8. The standard InChI is InChI=1S/C26H25ClN6O2/c1-17-12-13-28-22(14-17)33-24-15-23(29-16-30-24)31-19-6-8-20(9-7-19)32-25(34)26(2,3)35-21-10-4-18(27)5-11-21/h4-16H,1-3H3,(H,32,34)(H2,28,29,30,31,33). The molecular weight excluding hydrogens is 464 g/mol. The number of aromatic nitrogens is 3. The molecule has 0 saturated heterocycles. The number of carbonyl (C=O) groups is 1. The van der Waals surface area contributed by atoms with E-state index < -0.39 is 5.60 Å². The highest BCUT2D eigenvalue weighted by Crippen LogP contribution is 2.24. The van der Waals surface area contributed by atoms with E-state index in [4.69, 9.17) is 16.3 Å². The number of aryl methyl sites for hydroxylation is 1. The first-order valence-electron chi connectivity index (χ1n) is 10.9. The van der Waals surface area contributed by atoms with Gasteiger partial charge in [-0.3, -0.25) is 4.79 Å². The average Bonchev–Trinajstić information content (AvgIpc) is 2.82. The summed E-state index contributed by atoms with van der Waals surface area (Å²) in [6.45, 7) is 5.42. The quantitative estimate of drug-likeness (QED) is 0.275. The Balaban J connectivity index is 1.36. The second kappa shape index (κ2) is 10.4. The topological polar surface area (TPSA) is 101 Å². The molecule has 0 aliphatic heterocycles. The summed E-state index contributed by atoms with van der Waals surface area (Å²) in [4.78, 5) is 25.6. The van der Waals surface area contributed by atoms with Crippen molar-refractivity contribution in [2.75, 3.05) is 16.0 Å². The average molecular weight is 489 g/mol. The molecule has 0 unspecified atom stereocenters. The van der Waals surface area contributed by atoms with Crippen LogP contribution in [0.5, 0.6) is 5.75 Å². The van der Waals surface area contributed by atoms with Crippen molar-refractivity contribution < 1.29 is 9.53 Å². The molecule has 178 valence electrons. The van der Waals surface area contributed by atoms with Crippen LogP contribution in [0.25, 0.3) is 0 Å². The normalized spacial score (nSPS) is 11.0. The fourth-order valence-electron chi connectivity index (χ4n) is 3.14. The van der Waals surface area contributed by atoms with Gasteiger partial charge in [0.05, 0.1) is 0 Å². The number of nitrogens with one attached hydrogen (secondary N) is 3. The molecule has 0 saturated carbocycles. The van der Waals surface area contributed by atoms with Crippen LogP contribution in [-0.4, -0.2) is 26.5 Å². The van der Waals surface area contributed by atoms with E-state index >= 15 is 0 Å². The van der Waals surface area contributed by atoms with Gasteiger partial charge in [-0.15, -0.1) is 0 Å². The fraction of sp³-hybridized carbons (Fsp3) is 0.154. The van der Waals surface area contributed by atoms with Gasteiger partial charge in [0.1, 0.15) is 29.5 Å². The predicted molar refractivity (Wildman–Crippen MR) is 139 cm³/mol. The molecule has 2 heterocycles. The third kappa shape index (κ3) is 6.68. The van der Waals surface area contributed by atoms with Crippen molar-refractivity contribution >= 4 is 46.3 Å². The molecule has 0 fully saturated rings. The molecule has 9 heteroatoms. The number of hydrogen-bond donors (Lipinski definition) is 3. The SMILES string of the molecule is Cc1ccnc(Nc2cc(Nc3ccc(NC(=O)C(C)(C)Oc4ccc(Cl)cc4)cc3)ncn2)c1. The Labute approximate surface area is 208 Å². The van der Waals surface area contributed by atoms with Gasteiger partial charge in [-0.05, 0) is 87.0 Å². The van der Waals surface area contributed by atoms with E-state index in [1.807, 2.05) is 31.2 Å². The summed E-state index contributed by atoms with van der Waals surface area (Å²) < 4.78 is 5.85. The zero-order valence-corrected chi connectivity index (χ0v) is 20.3. The van der Waals surface area contributed by atoms with Crippen LogP contribution in [0, 0.1) is 6.92 Å². The van der Waals surface area contributed by atoms with E-state index in [-0.39, 0.29) is 5.91 Å². The first-order chi connectivity index (χ1) is 16.8. The first kappa shape index (κ1) is 24.0. The second-order valence-corrected chi connectivity index (χ2v) is 8.79. The third-order valence-electron chi connectivity index (χ3n) is 4.99. The van der Waals surface area contributed by atoms with Crippen LogP contribution < -0.4 is 20.7 Å². The van der Waals surface area contributed by atoms with E-state index in [9.17, 15) is 4.79 Å². The summed E-state index contributed by atoms with van der Waals surface area (Å²) >= 11 is 5.91. The molecule has 4 aromatic rings. The maximum Gasteiger partial charge on any atom is 0.267 e. The Hall–Kier alpha value is -4.17. The van der Waals surface area contributed by atoms with Crippen molar-refractivity contribution in [2.24, 2.45) is 0 Å². The lowest BCUT2D eigenvalue weighted by molar-refractivity contribution is -0.128. The van der Waals surface area contributed by atoms with Gasteiger partial charge in [-0.1, -0.05) is 11.6 Å². The number of carbonyl (C=O) groups excluding carboxylic acids is 1. The second-order valence-electron chi connectivity index (χ2n) is 8.35. The molecule has 3 N–H and O–H groups in total. The zero-order chi connectivity index (χ0) is 24.8. The highest BCUT2D eigenvalue weighted by molar-refractivity contribution is 6.30. The van der Waals surface area contributed by atoms with E-state index in [1.54, 1.807) is 62.5 Å². The Morgan fingerprint density at radius 2 is 1.46 bits per heavy atom. The highest BCUT2D eigenvalue weighted by atomic mass is 35.5. The number of benzene rings is 2. The van der Waals surface area contributed by atoms with Crippen molar-refractivity contribution in [3.05, 3.63) is 89.8 Å². The monoisotopic (exact) mass is 488 g/mol. The van der Waals surface area contributed by atoms with Crippen molar-refractivity contribution in [3.8, 4) is 5.75 Å². The molecule has 0 atom stereocenters. The van der Waals surface area contributed by atoms with Crippen molar-refractivity contribution in [3.63, 3.8) is 0 Å². The molecule has 0 aliphatic carbocycles. The largest absolute Gasteiger partial charge is 0.478 e. The summed E-state index contributed by atoms with van der Waals surface area (Å²) in [6, 6.07) is 19.8. The van der Waals surface area contributed by atoms with Gasteiger partial charge in [0, 0.05) is 28.7 Å². The molecule has 0 bridgehead atoms. The molecule has 0 radical (unpaired) electrons. The molecule has 8 nitrogen and oxygen atoms in total. The van der Waals surface area contributed by atoms with E-state index in [1.165, 1.54) is 6.33 Å². The van der Waals surface area contributed by atoms with Crippen LogP contribution in [0.15, 0.2) is 79.3 Å². The van der Waals surface area contributed by atoms with Gasteiger partial charge in [0.2, 0.25) is 0 Å². The Morgan fingerprint density at radius 1 is 0.829 bits per heavy atom. The number of nitrogens with zero attached hydrogens (tertiary/aromatic N) is 3. The smallest absolute Gasteiger partial charge is 0.267 e. The van der Waals surface area contributed by atoms with Crippen molar-refractivity contribution in [1.29, 1.82) is 0 Å². The molecular formula is C26H25ClN6O2. The van der Waals surface area contributed by atoms with Crippen LogP contribution in [-0.2, 0) is 4.79 Å². The minimum atomic E-state index is -1.08. The van der Waals surface area contributed by atoms with Gasteiger partial charge < -0.3 is 20.7 Å². The minimum absolute atomic E-state index is 0.274. The molecule has 1 amide bonds. The molecule has 2 aromatic heterocycles. The maximum atomic E-state index is 12.8. The number of ether oxygens (including phenoxy) is 1. The van der Waals surface area contributed by atoms with Crippen molar-refractivity contribution in [2.45, 2.75) is 26.4 Å². The number of amides is 1. The van der Waals surface area contributed by atoms with Crippen LogP contribution in [0.1, 0.15) is 19.4 Å². The number of anilines is 5. The molecule has 2 aromatic carbocycles. The van der Waals surface area contributed by atoms with Gasteiger partial charge in [-0.25, -0.2) is 15.0 Å². The number of hydrogen-bond acceptors (Lipinski definition) is 7. The summed E-state index contributed by atoms with van der Waals surface area (Å²) in [7, 11) is 0. The minimum Gasteiger partial charge on any atom is -0.478 e. The Kier molecular flexibility index (Phi) is 7.12. The van der Waals surface area contributed by atoms with E-state index in [0.29, 0.717) is 33.9 Å². The number of halogens is 1. The fourth-order valence-corrected chi connectivity index (χ4v) is 3.27. The first-order valence-corrected chi connectivity index (χ1v) is 11.3. The lowest BCUT2D eigenvalue weighted by atomic mass is 10.1. The summed E-state index contributed by atoms with van der Waals surface area (Å²) in [6.07, 6.45) is 3.21. The van der Waals surface area contributed by atoms with Crippen molar-refractivity contribution in [1.82, 2.24) is 15.0 Å². The summed E-state index contributed by atoms with van der Waals surface area (Å²) in [5.41, 5.74) is 1.46. The summed E-state index contributed by atoms with van der Waals surface area (Å²) in [5.74, 6) is 2.23. The molecule has 35 heavy (non-hydrogen) atoms. The van der Waals surface area contributed by atoms with Gasteiger partial charge >= 0.3 is 0 Å². The van der Waals surface area contributed by atoms with E-state index in [0.717, 1.165) is 11.3 Å². The lowest BCUT2D eigenvalue weighted by Crippen LogP contribution is -2.42. The van der Waals surface area contributed by atoms with Gasteiger partial charge in [0.25, 0.3) is 5.91 Å². The predicted octanol–water partition coefficient (Wildman–Crippen LogP) is 6.12. The van der Waals surface area contributed by atoms with Gasteiger partial charge in [-0.2, -0.15) is 0 Å². The zero-order valence-electron chi connectivity index (χ0n) is 19.5. The lowest BCUT2D eigenvalue weighted by Gasteiger charge is -2.25. The highest BCUT2D eigenvalue weighted by Gasteiger charge is 2.30. The van der Waals surface area contributed by atoms with Gasteiger partial charge in [0.15, 0.2) is 5.60 Å². The Bertz CT molecular complexity index is 1310. The summed E-state index contributed by atoms with van der Waals surface area (Å²) in [5, 5.41) is 9.89. The third-order valence-corrected chi connectivity index (χ3v) is 5.24. The van der Waals surface area contributed by atoms with Crippen LogP contribution in [0.2, 0.25) is 5.02 Å². The molecule has 0 aliphatic rings. The number of pyridine rings is 1. The van der Waals surface area contributed by atoms with Crippen LogP contribution in [0.4, 0.5) is 28.8 Å². The van der Waals surface area contributed by atoms with Crippen LogP contribution in [0.3, 0.4) is 0 Å². The van der Waals surface area contributed by atoms with E-state index in [2.05, 4.69) is 30.9 Å².